The summed E-state index contributed by atoms with van der Waals surface area (Å²) in [5, 5.41) is 0.115. The van der Waals surface area contributed by atoms with Crippen molar-refractivity contribution < 1.29 is 17.9 Å². The molecule has 0 bridgehead atoms. The highest BCUT2D eigenvalue weighted by Crippen LogP contribution is 2.31. The van der Waals surface area contributed by atoms with E-state index in [4.69, 9.17) is 23.2 Å². The zero-order valence-corrected chi connectivity index (χ0v) is 12.5. The van der Waals surface area contributed by atoms with Crippen LogP contribution in [-0.4, -0.2) is 16.3 Å². The van der Waals surface area contributed by atoms with Gasteiger partial charge in [-0.1, -0.05) is 35.3 Å². The molecule has 20 heavy (non-hydrogen) atoms. The summed E-state index contributed by atoms with van der Waals surface area (Å²) >= 11 is 14.7. The Morgan fingerprint density at radius 1 is 1.10 bits per heavy atom. The van der Waals surface area contributed by atoms with Crippen molar-refractivity contribution in [2.24, 2.45) is 0 Å². The molecule has 0 radical (unpaired) electrons. The van der Waals surface area contributed by atoms with Gasteiger partial charge in [-0.2, -0.15) is 0 Å². The molecular weight excluding hydrogens is 384 g/mol. The topological polar surface area (TPSA) is 35.0 Å². The van der Waals surface area contributed by atoms with E-state index in [1.165, 1.54) is 18.2 Å². The van der Waals surface area contributed by atoms with Crippen LogP contribution in [-0.2, 0) is 0 Å². The Morgan fingerprint density at radius 2 is 1.70 bits per heavy atom. The summed E-state index contributed by atoms with van der Waals surface area (Å²) < 4.78 is 40.6. The summed E-state index contributed by atoms with van der Waals surface area (Å²) in [6.45, 7) is 0. The minimum absolute atomic E-state index is 0.0575. The van der Waals surface area contributed by atoms with Gasteiger partial charge < -0.3 is 4.74 Å². The first kappa shape index (κ1) is 15.3. The summed E-state index contributed by atoms with van der Waals surface area (Å²) in [6, 6.07) is 5.20. The minimum Gasteiger partial charge on any atom is -0.406 e. The third-order valence-electron chi connectivity index (χ3n) is 2.10. The first-order chi connectivity index (χ1) is 9.26. The number of nitrogens with zero attached hydrogens (tertiary/aromatic N) is 2. The van der Waals surface area contributed by atoms with Gasteiger partial charge in [0.15, 0.2) is 5.82 Å². The fourth-order valence-corrected chi connectivity index (χ4v) is 1.92. The molecule has 0 N–H and O–H groups in total. The third kappa shape index (κ3) is 3.74. The number of rotatable bonds is 2. The van der Waals surface area contributed by atoms with E-state index in [9.17, 15) is 13.2 Å². The second-order valence-electron chi connectivity index (χ2n) is 3.52. The van der Waals surface area contributed by atoms with E-state index in [0.717, 1.165) is 6.07 Å². The van der Waals surface area contributed by atoms with Gasteiger partial charge in [-0.05, 0) is 28.1 Å². The first-order valence-corrected chi connectivity index (χ1v) is 6.56. The fraction of sp³-hybridized carbons (Fsp3) is 0.0909. The Morgan fingerprint density at radius 3 is 2.25 bits per heavy atom. The predicted molar refractivity (Wildman–Crippen MR) is 71.9 cm³/mol. The van der Waals surface area contributed by atoms with Crippen LogP contribution in [0.5, 0.6) is 5.75 Å². The quantitative estimate of drug-likeness (QED) is 0.671. The highest BCUT2D eigenvalue weighted by molar-refractivity contribution is 9.10. The molecule has 0 unspecified atom stereocenters. The van der Waals surface area contributed by atoms with Crippen molar-refractivity contribution in [2.75, 3.05) is 0 Å². The maximum Gasteiger partial charge on any atom is 0.573 e. The van der Waals surface area contributed by atoms with Crippen molar-refractivity contribution in [3.05, 3.63) is 39.0 Å². The molecule has 0 aliphatic rings. The van der Waals surface area contributed by atoms with Crippen LogP contribution in [0.25, 0.3) is 11.4 Å². The van der Waals surface area contributed by atoms with E-state index >= 15 is 0 Å². The SMILES string of the molecule is FC(F)(F)Oc1cccc(-c2nc(Cl)c(Br)c(Cl)n2)c1. The molecule has 1 heterocycles. The molecule has 0 amide bonds. The van der Waals surface area contributed by atoms with Gasteiger partial charge in [-0.25, -0.2) is 9.97 Å². The zero-order valence-electron chi connectivity index (χ0n) is 9.38. The van der Waals surface area contributed by atoms with E-state index < -0.39 is 6.36 Å². The molecule has 106 valence electrons. The van der Waals surface area contributed by atoms with Gasteiger partial charge in [0.25, 0.3) is 0 Å². The molecule has 2 aromatic rings. The summed E-state index contributed by atoms with van der Waals surface area (Å²) in [6.07, 6.45) is -4.77. The van der Waals surface area contributed by atoms with Crippen molar-refractivity contribution >= 4 is 39.1 Å². The van der Waals surface area contributed by atoms with Gasteiger partial charge in [0.2, 0.25) is 0 Å². The number of alkyl halides is 3. The average Bonchev–Trinajstić information content (AvgIpc) is 2.33. The van der Waals surface area contributed by atoms with Crippen LogP contribution < -0.4 is 4.74 Å². The fourth-order valence-electron chi connectivity index (χ4n) is 1.36. The Labute approximate surface area is 129 Å². The lowest BCUT2D eigenvalue weighted by molar-refractivity contribution is -0.274. The largest absolute Gasteiger partial charge is 0.573 e. The number of aromatic nitrogens is 2. The number of hydrogen-bond acceptors (Lipinski definition) is 3. The van der Waals surface area contributed by atoms with Crippen molar-refractivity contribution in [1.82, 2.24) is 9.97 Å². The van der Waals surface area contributed by atoms with E-state index in [-0.39, 0.29) is 21.9 Å². The molecule has 0 saturated carbocycles. The van der Waals surface area contributed by atoms with Crippen LogP contribution in [0.15, 0.2) is 28.7 Å². The number of hydrogen-bond donors (Lipinski definition) is 0. The molecule has 0 fully saturated rings. The van der Waals surface area contributed by atoms with Gasteiger partial charge in [0, 0.05) is 5.56 Å². The van der Waals surface area contributed by atoms with Crippen LogP contribution in [0, 0.1) is 0 Å². The van der Waals surface area contributed by atoms with Gasteiger partial charge in [0.1, 0.15) is 16.1 Å². The molecular formula is C11H4BrCl2F3N2O. The first-order valence-electron chi connectivity index (χ1n) is 5.01. The van der Waals surface area contributed by atoms with Crippen molar-refractivity contribution in [2.45, 2.75) is 6.36 Å². The lowest BCUT2D eigenvalue weighted by Crippen LogP contribution is -2.17. The highest BCUT2D eigenvalue weighted by Gasteiger charge is 2.31. The molecule has 0 atom stereocenters. The van der Waals surface area contributed by atoms with Gasteiger partial charge in [-0.3, -0.25) is 0 Å². The normalized spacial score (nSPS) is 11.5. The Hall–Kier alpha value is -1.05. The van der Waals surface area contributed by atoms with Crippen molar-refractivity contribution in [3.63, 3.8) is 0 Å². The minimum atomic E-state index is -4.77. The van der Waals surface area contributed by atoms with Gasteiger partial charge in [-0.15, -0.1) is 13.2 Å². The average molecular weight is 388 g/mol. The van der Waals surface area contributed by atoms with Crippen molar-refractivity contribution in [3.8, 4) is 17.1 Å². The summed E-state index contributed by atoms with van der Waals surface area (Å²) in [4.78, 5) is 7.86. The van der Waals surface area contributed by atoms with Crippen molar-refractivity contribution in [1.29, 1.82) is 0 Å². The monoisotopic (exact) mass is 386 g/mol. The van der Waals surface area contributed by atoms with Crippen LogP contribution in [0.1, 0.15) is 0 Å². The zero-order chi connectivity index (χ0) is 14.9. The number of ether oxygens (including phenoxy) is 1. The Bertz CT molecular complexity index is 629. The molecule has 0 saturated heterocycles. The van der Waals surface area contributed by atoms with Crippen LogP contribution in [0.4, 0.5) is 13.2 Å². The molecule has 0 aliphatic carbocycles. The smallest absolute Gasteiger partial charge is 0.406 e. The standard InChI is InChI=1S/C11H4BrCl2F3N2O/c12-7-8(13)18-10(19-9(7)14)5-2-1-3-6(4-5)20-11(15,16)17/h1-4H. The Balaban J connectivity index is 2.41. The second kappa shape index (κ2) is 5.75. The lowest BCUT2D eigenvalue weighted by Gasteiger charge is -2.10. The van der Waals surface area contributed by atoms with Crippen LogP contribution >= 0.6 is 39.1 Å². The second-order valence-corrected chi connectivity index (χ2v) is 5.03. The number of benzene rings is 1. The van der Waals surface area contributed by atoms with E-state index in [2.05, 4.69) is 30.6 Å². The molecule has 1 aromatic heterocycles. The molecule has 2 rings (SSSR count). The van der Waals surface area contributed by atoms with E-state index in [1.54, 1.807) is 0 Å². The van der Waals surface area contributed by atoms with Crippen LogP contribution in [0.2, 0.25) is 10.3 Å². The molecule has 0 spiro atoms. The van der Waals surface area contributed by atoms with Gasteiger partial charge in [0.05, 0.1) is 4.47 Å². The summed E-state index contributed by atoms with van der Waals surface area (Å²) in [5.74, 6) is -0.287. The maximum absolute atomic E-state index is 12.2. The highest BCUT2D eigenvalue weighted by atomic mass is 79.9. The molecule has 1 aromatic carbocycles. The molecule has 0 aliphatic heterocycles. The van der Waals surface area contributed by atoms with Gasteiger partial charge >= 0.3 is 6.36 Å². The maximum atomic E-state index is 12.2. The number of halogens is 6. The Kier molecular flexibility index (Phi) is 4.41. The summed E-state index contributed by atoms with van der Waals surface area (Å²) in [7, 11) is 0. The van der Waals surface area contributed by atoms with E-state index in [1.807, 2.05) is 0 Å². The van der Waals surface area contributed by atoms with E-state index in [0.29, 0.717) is 10.0 Å². The lowest BCUT2D eigenvalue weighted by atomic mass is 10.2. The molecule has 9 heteroatoms. The van der Waals surface area contributed by atoms with Crippen LogP contribution in [0.3, 0.4) is 0 Å². The third-order valence-corrected chi connectivity index (χ3v) is 3.85. The summed E-state index contributed by atoms with van der Waals surface area (Å²) in [5.41, 5.74) is 0.294. The predicted octanol–water partition coefficient (Wildman–Crippen LogP) is 5.11. The molecule has 3 nitrogen and oxygen atoms in total.